The Labute approximate surface area is 112 Å². The molecule has 2 N–H and O–H groups in total. The van der Waals surface area contributed by atoms with E-state index in [2.05, 4.69) is 4.90 Å². The van der Waals surface area contributed by atoms with Crippen molar-refractivity contribution in [3.05, 3.63) is 28.3 Å². The van der Waals surface area contributed by atoms with Gasteiger partial charge in [-0.25, -0.2) is 0 Å². The van der Waals surface area contributed by atoms with Crippen LogP contribution in [0.2, 0.25) is 0 Å². The molecule has 1 aliphatic rings. The lowest BCUT2D eigenvalue weighted by atomic mass is 10.1. The fourth-order valence-electron chi connectivity index (χ4n) is 2.26. The maximum atomic E-state index is 10.6. The van der Waals surface area contributed by atoms with Gasteiger partial charge < -0.3 is 10.5 Å². The summed E-state index contributed by atoms with van der Waals surface area (Å²) in [6.45, 7) is 3.73. The van der Waals surface area contributed by atoms with E-state index in [0.29, 0.717) is 12.4 Å². The van der Waals surface area contributed by atoms with Gasteiger partial charge in [0.1, 0.15) is 18.0 Å². The van der Waals surface area contributed by atoms with E-state index < -0.39 is 4.92 Å². The first-order valence-corrected chi connectivity index (χ1v) is 6.56. The van der Waals surface area contributed by atoms with Crippen molar-refractivity contribution in [2.75, 3.05) is 32.0 Å². The van der Waals surface area contributed by atoms with Crippen molar-refractivity contribution in [3.8, 4) is 5.75 Å². The molecular weight excluding hydrogens is 246 g/mol. The fourth-order valence-corrected chi connectivity index (χ4v) is 2.26. The van der Waals surface area contributed by atoms with E-state index in [1.165, 1.54) is 31.4 Å². The number of benzene rings is 1. The molecule has 0 atom stereocenters. The van der Waals surface area contributed by atoms with E-state index in [-0.39, 0.29) is 11.4 Å². The van der Waals surface area contributed by atoms with Crippen LogP contribution in [0.1, 0.15) is 19.3 Å². The summed E-state index contributed by atoms with van der Waals surface area (Å²) in [6, 6.07) is 4.48. The zero-order chi connectivity index (χ0) is 13.7. The number of hydrogen-bond donors (Lipinski definition) is 1. The number of piperidine rings is 1. The highest BCUT2D eigenvalue weighted by Crippen LogP contribution is 2.25. The van der Waals surface area contributed by atoms with Crippen LogP contribution < -0.4 is 10.5 Å². The van der Waals surface area contributed by atoms with Crippen molar-refractivity contribution in [1.82, 2.24) is 4.90 Å². The topological polar surface area (TPSA) is 81.6 Å². The second-order valence-electron chi connectivity index (χ2n) is 4.73. The van der Waals surface area contributed by atoms with E-state index in [1.807, 2.05) is 0 Å². The van der Waals surface area contributed by atoms with Gasteiger partial charge in [-0.15, -0.1) is 0 Å². The summed E-state index contributed by atoms with van der Waals surface area (Å²) in [5.74, 6) is 0.583. The second-order valence-corrected chi connectivity index (χ2v) is 4.73. The molecule has 0 aliphatic carbocycles. The smallest absolute Gasteiger partial charge is 0.292 e. The van der Waals surface area contributed by atoms with Crippen molar-refractivity contribution in [1.29, 1.82) is 0 Å². The first kappa shape index (κ1) is 13.6. The van der Waals surface area contributed by atoms with Crippen LogP contribution in [-0.4, -0.2) is 36.1 Å². The molecule has 0 radical (unpaired) electrons. The maximum absolute atomic E-state index is 10.6. The Morgan fingerprint density at radius 1 is 1.32 bits per heavy atom. The number of nitrogen functional groups attached to an aromatic ring is 1. The minimum absolute atomic E-state index is 0.0802. The first-order chi connectivity index (χ1) is 9.16. The van der Waals surface area contributed by atoms with Crippen LogP contribution in [-0.2, 0) is 0 Å². The standard InChI is InChI=1S/C13H19N3O3/c14-12-10-11(4-5-13(12)16(17)18)19-9-8-15-6-2-1-3-7-15/h4-5,10H,1-3,6-9,14H2. The third-order valence-electron chi connectivity index (χ3n) is 3.32. The van der Waals surface area contributed by atoms with Gasteiger partial charge in [-0.1, -0.05) is 6.42 Å². The van der Waals surface area contributed by atoms with Gasteiger partial charge in [0, 0.05) is 18.7 Å². The van der Waals surface area contributed by atoms with Crippen LogP contribution in [0.15, 0.2) is 18.2 Å². The summed E-state index contributed by atoms with van der Waals surface area (Å²) >= 11 is 0. The Morgan fingerprint density at radius 2 is 2.05 bits per heavy atom. The van der Waals surface area contributed by atoms with Crippen molar-refractivity contribution in [2.45, 2.75) is 19.3 Å². The zero-order valence-electron chi connectivity index (χ0n) is 10.9. The number of nitrogens with two attached hydrogens (primary N) is 1. The van der Waals surface area contributed by atoms with Crippen molar-refractivity contribution < 1.29 is 9.66 Å². The zero-order valence-corrected chi connectivity index (χ0v) is 10.9. The molecule has 1 aromatic rings. The molecule has 19 heavy (non-hydrogen) atoms. The molecule has 1 saturated heterocycles. The van der Waals surface area contributed by atoms with Gasteiger partial charge in [-0.05, 0) is 32.0 Å². The average molecular weight is 265 g/mol. The van der Waals surface area contributed by atoms with Gasteiger partial charge in [0.15, 0.2) is 0 Å². The monoisotopic (exact) mass is 265 g/mol. The molecular formula is C13H19N3O3. The van der Waals surface area contributed by atoms with Crippen molar-refractivity contribution in [3.63, 3.8) is 0 Å². The number of likely N-dealkylation sites (tertiary alicyclic amines) is 1. The predicted molar refractivity (Wildman–Crippen MR) is 73.3 cm³/mol. The fraction of sp³-hybridized carbons (Fsp3) is 0.538. The Bertz CT molecular complexity index is 445. The molecule has 6 nitrogen and oxygen atoms in total. The molecule has 0 aromatic heterocycles. The Morgan fingerprint density at radius 3 is 2.68 bits per heavy atom. The summed E-state index contributed by atoms with van der Waals surface area (Å²) in [5, 5.41) is 10.6. The molecule has 0 bridgehead atoms. The normalized spacial score (nSPS) is 16.2. The van der Waals surface area contributed by atoms with Gasteiger partial charge in [-0.3, -0.25) is 15.0 Å². The van der Waals surface area contributed by atoms with Crippen LogP contribution in [0.25, 0.3) is 0 Å². The maximum Gasteiger partial charge on any atom is 0.292 e. The highest BCUT2D eigenvalue weighted by molar-refractivity contribution is 5.60. The first-order valence-electron chi connectivity index (χ1n) is 6.56. The number of anilines is 1. The van der Waals surface area contributed by atoms with Crippen LogP contribution in [0, 0.1) is 10.1 Å². The lowest BCUT2D eigenvalue weighted by Gasteiger charge is -2.26. The Kier molecular flexibility index (Phi) is 4.57. The molecule has 0 unspecified atom stereocenters. The third kappa shape index (κ3) is 3.82. The van der Waals surface area contributed by atoms with Gasteiger partial charge >= 0.3 is 0 Å². The van der Waals surface area contributed by atoms with Crippen LogP contribution >= 0.6 is 0 Å². The van der Waals surface area contributed by atoms with Crippen molar-refractivity contribution in [2.24, 2.45) is 0 Å². The quantitative estimate of drug-likeness (QED) is 0.500. The highest BCUT2D eigenvalue weighted by Gasteiger charge is 2.12. The van der Waals surface area contributed by atoms with E-state index >= 15 is 0 Å². The molecule has 0 spiro atoms. The molecule has 104 valence electrons. The van der Waals surface area contributed by atoms with Gasteiger partial charge in [0.05, 0.1) is 4.92 Å². The summed E-state index contributed by atoms with van der Waals surface area (Å²) in [7, 11) is 0. The second kappa shape index (κ2) is 6.38. The lowest BCUT2D eigenvalue weighted by molar-refractivity contribution is -0.383. The molecule has 1 heterocycles. The summed E-state index contributed by atoms with van der Waals surface area (Å²) in [5.41, 5.74) is 5.66. The molecule has 0 saturated carbocycles. The number of nitrogens with zero attached hydrogens (tertiary/aromatic N) is 2. The predicted octanol–water partition coefficient (Wildman–Crippen LogP) is 2.04. The SMILES string of the molecule is Nc1cc(OCCN2CCCCC2)ccc1[N+](=O)[O-]. The highest BCUT2D eigenvalue weighted by atomic mass is 16.6. The molecule has 1 fully saturated rings. The largest absolute Gasteiger partial charge is 0.492 e. The summed E-state index contributed by atoms with van der Waals surface area (Å²) in [4.78, 5) is 12.5. The molecule has 6 heteroatoms. The minimum Gasteiger partial charge on any atom is -0.492 e. The molecule has 1 aromatic carbocycles. The third-order valence-corrected chi connectivity index (χ3v) is 3.32. The Hall–Kier alpha value is -1.82. The number of ether oxygens (including phenoxy) is 1. The van der Waals surface area contributed by atoms with E-state index in [0.717, 1.165) is 19.6 Å². The van der Waals surface area contributed by atoms with Crippen LogP contribution in [0.5, 0.6) is 5.75 Å². The van der Waals surface area contributed by atoms with Gasteiger partial charge in [-0.2, -0.15) is 0 Å². The summed E-state index contributed by atoms with van der Waals surface area (Å²) < 4.78 is 5.58. The molecule has 1 aliphatic heterocycles. The number of hydrogen-bond acceptors (Lipinski definition) is 5. The van der Waals surface area contributed by atoms with Crippen LogP contribution in [0.4, 0.5) is 11.4 Å². The van der Waals surface area contributed by atoms with Crippen LogP contribution in [0.3, 0.4) is 0 Å². The van der Waals surface area contributed by atoms with E-state index in [9.17, 15) is 10.1 Å². The summed E-state index contributed by atoms with van der Waals surface area (Å²) in [6.07, 6.45) is 3.82. The molecule has 2 rings (SSSR count). The molecule has 0 amide bonds. The van der Waals surface area contributed by atoms with Gasteiger partial charge in [0.2, 0.25) is 0 Å². The minimum atomic E-state index is -0.493. The average Bonchev–Trinajstić information content (AvgIpc) is 2.39. The number of rotatable bonds is 5. The van der Waals surface area contributed by atoms with Gasteiger partial charge in [0.25, 0.3) is 5.69 Å². The van der Waals surface area contributed by atoms with E-state index in [4.69, 9.17) is 10.5 Å². The van der Waals surface area contributed by atoms with Crippen molar-refractivity contribution >= 4 is 11.4 Å². The van der Waals surface area contributed by atoms with E-state index in [1.54, 1.807) is 6.07 Å². The number of nitro groups is 1. The Balaban J connectivity index is 1.82. The number of nitro benzene ring substituents is 1. The lowest BCUT2D eigenvalue weighted by Crippen LogP contribution is -2.33.